The minimum atomic E-state index is 0.0918. The van der Waals surface area contributed by atoms with Crippen LogP contribution in [0.4, 0.5) is 0 Å². The van der Waals surface area contributed by atoms with Gasteiger partial charge in [0.25, 0.3) is 0 Å². The van der Waals surface area contributed by atoms with Crippen molar-refractivity contribution in [3.63, 3.8) is 0 Å². The van der Waals surface area contributed by atoms with E-state index in [-0.39, 0.29) is 5.41 Å². The first-order valence-electron chi connectivity index (χ1n) is 4.05. The quantitative estimate of drug-likeness (QED) is 0.637. The molecule has 0 aliphatic carbocycles. The van der Waals surface area contributed by atoms with Crippen LogP contribution in [0.2, 0.25) is 0 Å². The van der Waals surface area contributed by atoms with Crippen molar-refractivity contribution >= 4 is 0 Å². The van der Waals surface area contributed by atoms with Gasteiger partial charge in [0.1, 0.15) is 0 Å². The third-order valence-corrected chi connectivity index (χ3v) is 1.70. The molecule has 0 N–H and O–H groups in total. The summed E-state index contributed by atoms with van der Waals surface area (Å²) < 4.78 is 5.04. The third-order valence-electron chi connectivity index (χ3n) is 1.70. The van der Waals surface area contributed by atoms with Crippen molar-refractivity contribution in [2.75, 3.05) is 7.11 Å². The van der Waals surface area contributed by atoms with E-state index in [0.29, 0.717) is 5.88 Å². The summed E-state index contributed by atoms with van der Waals surface area (Å²) in [6, 6.07) is 5.84. The molecule has 2 heteroatoms. The van der Waals surface area contributed by atoms with Gasteiger partial charge in [-0.2, -0.15) is 0 Å². The summed E-state index contributed by atoms with van der Waals surface area (Å²) >= 11 is 0. The highest BCUT2D eigenvalue weighted by molar-refractivity contribution is 5.20. The summed E-state index contributed by atoms with van der Waals surface area (Å²) in [6.07, 6.45) is 0. The molecule has 0 aliphatic heterocycles. The van der Waals surface area contributed by atoms with Crippen molar-refractivity contribution in [2.45, 2.75) is 26.2 Å². The highest BCUT2D eigenvalue weighted by Gasteiger charge is 2.15. The molecule has 0 aromatic carbocycles. The first-order chi connectivity index (χ1) is 5.54. The lowest BCUT2D eigenvalue weighted by atomic mass is 9.92. The summed E-state index contributed by atoms with van der Waals surface area (Å²) in [4.78, 5) is 4.34. The summed E-state index contributed by atoms with van der Waals surface area (Å²) in [6.45, 7) is 6.40. The largest absolute Gasteiger partial charge is 0.481 e. The standard InChI is InChI=1S/C10H15NO/c1-10(2,3)8-6-5-7-9(11-8)12-4/h5-7H,1-4H3. The van der Waals surface area contributed by atoms with Crippen molar-refractivity contribution in [3.8, 4) is 5.88 Å². The Morgan fingerprint density at radius 3 is 2.42 bits per heavy atom. The lowest BCUT2D eigenvalue weighted by Gasteiger charge is -2.17. The van der Waals surface area contributed by atoms with E-state index in [1.807, 2.05) is 18.2 Å². The molecule has 1 heterocycles. The second-order valence-electron chi connectivity index (χ2n) is 3.82. The van der Waals surface area contributed by atoms with Crippen LogP contribution in [0, 0.1) is 0 Å². The normalized spacial score (nSPS) is 11.3. The Kier molecular flexibility index (Phi) is 2.36. The Morgan fingerprint density at radius 2 is 1.92 bits per heavy atom. The molecule has 0 atom stereocenters. The molecule has 1 aromatic rings. The van der Waals surface area contributed by atoms with E-state index >= 15 is 0 Å². The monoisotopic (exact) mass is 165 g/mol. The highest BCUT2D eigenvalue weighted by atomic mass is 16.5. The second-order valence-corrected chi connectivity index (χ2v) is 3.82. The van der Waals surface area contributed by atoms with Crippen LogP contribution in [0.5, 0.6) is 5.88 Å². The van der Waals surface area contributed by atoms with Crippen molar-refractivity contribution in [2.24, 2.45) is 0 Å². The number of pyridine rings is 1. The molecule has 0 amide bonds. The summed E-state index contributed by atoms with van der Waals surface area (Å²) in [5.74, 6) is 0.683. The number of hydrogen-bond donors (Lipinski definition) is 0. The predicted octanol–water partition coefficient (Wildman–Crippen LogP) is 2.39. The molecule has 1 rings (SSSR count). The van der Waals surface area contributed by atoms with E-state index in [1.165, 1.54) is 0 Å². The van der Waals surface area contributed by atoms with Crippen LogP contribution >= 0.6 is 0 Å². The summed E-state index contributed by atoms with van der Waals surface area (Å²) in [5, 5.41) is 0. The topological polar surface area (TPSA) is 22.1 Å². The number of hydrogen-bond acceptors (Lipinski definition) is 2. The average molecular weight is 165 g/mol. The first kappa shape index (κ1) is 9.04. The van der Waals surface area contributed by atoms with Gasteiger partial charge in [-0.15, -0.1) is 0 Å². The van der Waals surface area contributed by atoms with Gasteiger partial charge in [0, 0.05) is 17.2 Å². The number of ether oxygens (including phenoxy) is 1. The van der Waals surface area contributed by atoms with Gasteiger partial charge in [-0.05, 0) is 6.07 Å². The minimum absolute atomic E-state index is 0.0918. The molecular weight excluding hydrogens is 150 g/mol. The number of aromatic nitrogens is 1. The Bertz CT molecular complexity index is 263. The molecule has 0 saturated heterocycles. The minimum Gasteiger partial charge on any atom is -0.481 e. The molecule has 0 radical (unpaired) electrons. The Balaban J connectivity index is 3.02. The van der Waals surface area contributed by atoms with Gasteiger partial charge in [0.2, 0.25) is 5.88 Å². The average Bonchev–Trinajstić information content (AvgIpc) is 2.03. The number of methoxy groups -OCH3 is 1. The van der Waals surface area contributed by atoms with Crippen molar-refractivity contribution in [1.29, 1.82) is 0 Å². The summed E-state index contributed by atoms with van der Waals surface area (Å²) in [7, 11) is 1.63. The summed E-state index contributed by atoms with van der Waals surface area (Å²) in [5.41, 5.74) is 1.15. The van der Waals surface area contributed by atoms with Crippen LogP contribution in [0.15, 0.2) is 18.2 Å². The van der Waals surface area contributed by atoms with Crippen LogP contribution in [-0.4, -0.2) is 12.1 Å². The lowest BCUT2D eigenvalue weighted by molar-refractivity contribution is 0.392. The number of nitrogens with zero attached hydrogens (tertiary/aromatic N) is 1. The van der Waals surface area contributed by atoms with Gasteiger partial charge in [0.05, 0.1) is 7.11 Å². The maximum absolute atomic E-state index is 5.04. The SMILES string of the molecule is COc1cccc(C(C)(C)C)n1. The molecule has 0 saturated carbocycles. The molecule has 0 fully saturated rings. The zero-order valence-corrected chi connectivity index (χ0v) is 8.09. The van der Waals surface area contributed by atoms with E-state index in [9.17, 15) is 0 Å². The lowest BCUT2D eigenvalue weighted by Crippen LogP contribution is -2.13. The van der Waals surface area contributed by atoms with Crippen molar-refractivity contribution < 1.29 is 4.74 Å². The fourth-order valence-corrected chi connectivity index (χ4v) is 0.946. The molecule has 0 bridgehead atoms. The van der Waals surface area contributed by atoms with Crippen molar-refractivity contribution in [3.05, 3.63) is 23.9 Å². The predicted molar refractivity (Wildman–Crippen MR) is 49.5 cm³/mol. The van der Waals surface area contributed by atoms with Crippen LogP contribution in [0.1, 0.15) is 26.5 Å². The highest BCUT2D eigenvalue weighted by Crippen LogP contribution is 2.21. The smallest absolute Gasteiger partial charge is 0.213 e. The van der Waals surface area contributed by atoms with E-state index in [0.717, 1.165) is 5.69 Å². The van der Waals surface area contributed by atoms with Gasteiger partial charge < -0.3 is 4.74 Å². The van der Waals surface area contributed by atoms with Crippen LogP contribution in [0.3, 0.4) is 0 Å². The molecule has 2 nitrogen and oxygen atoms in total. The van der Waals surface area contributed by atoms with Crippen LogP contribution in [-0.2, 0) is 5.41 Å². The second kappa shape index (κ2) is 3.13. The van der Waals surface area contributed by atoms with E-state index < -0.39 is 0 Å². The van der Waals surface area contributed by atoms with E-state index in [1.54, 1.807) is 7.11 Å². The number of rotatable bonds is 1. The molecule has 66 valence electrons. The third kappa shape index (κ3) is 1.97. The maximum Gasteiger partial charge on any atom is 0.213 e. The Morgan fingerprint density at radius 1 is 1.25 bits per heavy atom. The molecule has 0 spiro atoms. The fraction of sp³-hybridized carbons (Fsp3) is 0.500. The molecule has 0 aliphatic rings. The first-order valence-corrected chi connectivity index (χ1v) is 4.05. The van der Waals surface area contributed by atoms with Gasteiger partial charge in [0.15, 0.2) is 0 Å². The van der Waals surface area contributed by atoms with E-state index in [4.69, 9.17) is 4.74 Å². The van der Waals surface area contributed by atoms with Crippen molar-refractivity contribution in [1.82, 2.24) is 4.98 Å². The molecule has 1 aromatic heterocycles. The van der Waals surface area contributed by atoms with Crippen LogP contribution < -0.4 is 4.74 Å². The van der Waals surface area contributed by atoms with Gasteiger partial charge >= 0.3 is 0 Å². The van der Waals surface area contributed by atoms with Crippen LogP contribution in [0.25, 0.3) is 0 Å². The maximum atomic E-state index is 5.04. The zero-order valence-electron chi connectivity index (χ0n) is 8.09. The zero-order chi connectivity index (χ0) is 9.19. The fourth-order valence-electron chi connectivity index (χ4n) is 0.946. The Labute approximate surface area is 73.6 Å². The van der Waals surface area contributed by atoms with Gasteiger partial charge in [-0.3, -0.25) is 0 Å². The van der Waals surface area contributed by atoms with Gasteiger partial charge in [-0.1, -0.05) is 26.8 Å². The molecule has 0 unspecified atom stereocenters. The molecular formula is C10H15NO. The Hall–Kier alpha value is -1.05. The van der Waals surface area contributed by atoms with E-state index in [2.05, 4.69) is 25.8 Å². The molecule has 12 heavy (non-hydrogen) atoms. The van der Waals surface area contributed by atoms with Gasteiger partial charge in [-0.25, -0.2) is 4.98 Å².